The number of nitrogens with zero attached hydrogens (tertiary/aromatic N) is 4. The summed E-state index contributed by atoms with van der Waals surface area (Å²) in [5.41, 5.74) is 2.04. The molecule has 7 nitrogen and oxygen atoms in total. The smallest absolute Gasteiger partial charge is 0.369 e. The zero-order valence-corrected chi connectivity index (χ0v) is 14.3. The Balaban J connectivity index is 1.60. The maximum Gasteiger partial charge on any atom is 0.397 e. The molecule has 27 heavy (non-hydrogen) atoms. The molecule has 1 saturated heterocycles. The summed E-state index contributed by atoms with van der Waals surface area (Å²) in [5, 5.41) is 12.5. The van der Waals surface area contributed by atoms with E-state index in [-0.39, 0.29) is 6.04 Å². The lowest BCUT2D eigenvalue weighted by Crippen LogP contribution is -2.48. The van der Waals surface area contributed by atoms with E-state index >= 15 is 0 Å². The maximum atomic E-state index is 12.4. The van der Waals surface area contributed by atoms with Crippen molar-refractivity contribution in [3.8, 4) is 0 Å². The van der Waals surface area contributed by atoms with Crippen molar-refractivity contribution < 1.29 is 18.0 Å². The zero-order chi connectivity index (χ0) is 19.0. The quantitative estimate of drug-likeness (QED) is 0.732. The number of H-pyrrole nitrogens is 1. The number of alkyl halides is 3. The third kappa shape index (κ3) is 3.64. The van der Waals surface area contributed by atoms with Crippen molar-refractivity contribution >= 4 is 33.7 Å². The van der Waals surface area contributed by atoms with Crippen molar-refractivity contribution in [2.45, 2.75) is 31.5 Å². The molecule has 1 fully saturated rings. The molecule has 3 aromatic rings. The molecule has 142 valence electrons. The molecular weight excluding hydrogens is 361 g/mol. The minimum absolute atomic E-state index is 0.337. The van der Waals surface area contributed by atoms with Crippen LogP contribution in [0.15, 0.2) is 24.5 Å². The van der Waals surface area contributed by atoms with Gasteiger partial charge in [0.15, 0.2) is 11.3 Å². The van der Waals surface area contributed by atoms with E-state index in [9.17, 15) is 18.0 Å². The van der Waals surface area contributed by atoms with Gasteiger partial charge >= 0.3 is 6.18 Å². The van der Waals surface area contributed by atoms with E-state index in [1.165, 1.54) is 0 Å². The van der Waals surface area contributed by atoms with Crippen molar-refractivity contribution in [3.63, 3.8) is 0 Å². The van der Waals surface area contributed by atoms with Crippen LogP contribution in [0.2, 0.25) is 0 Å². The van der Waals surface area contributed by atoms with E-state index in [0.29, 0.717) is 24.3 Å². The molecule has 1 aliphatic heterocycles. The summed E-state index contributed by atoms with van der Waals surface area (Å²) in [4.78, 5) is 20.9. The zero-order valence-electron chi connectivity index (χ0n) is 14.3. The number of halogens is 3. The fraction of sp³-hybridized carbons (Fsp3) is 0.412. The number of aromatic amines is 1. The SMILES string of the molecule is O=C(CC(F)(F)F)NC1CCCN(c2cc[nH]c3nnc4nccc4c23)C1. The van der Waals surface area contributed by atoms with Gasteiger partial charge in [-0.3, -0.25) is 4.79 Å². The Morgan fingerprint density at radius 1 is 1.33 bits per heavy atom. The Bertz CT molecular complexity index is 986. The number of hydrogen-bond acceptors (Lipinski definition) is 5. The average molecular weight is 378 g/mol. The first-order valence-electron chi connectivity index (χ1n) is 8.60. The highest BCUT2D eigenvalue weighted by molar-refractivity contribution is 6.08. The van der Waals surface area contributed by atoms with Gasteiger partial charge in [-0.05, 0) is 25.0 Å². The second-order valence-electron chi connectivity index (χ2n) is 6.61. The van der Waals surface area contributed by atoms with Crippen LogP contribution in [-0.2, 0) is 4.79 Å². The average Bonchev–Trinajstić information content (AvgIpc) is 3.08. The number of fused-ring (bicyclic) bond motifs is 3. The molecule has 0 spiro atoms. The fourth-order valence-electron chi connectivity index (χ4n) is 3.56. The Hall–Kier alpha value is -2.91. The molecule has 1 unspecified atom stereocenters. The number of piperidine rings is 1. The van der Waals surface area contributed by atoms with Gasteiger partial charge in [-0.25, -0.2) is 4.98 Å². The van der Waals surface area contributed by atoms with E-state index in [4.69, 9.17) is 0 Å². The number of pyridine rings is 1. The van der Waals surface area contributed by atoms with Gasteiger partial charge in [-0.1, -0.05) is 0 Å². The minimum Gasteiger partial charge on any atom is -0.369 e. The second kappa shape index (κ2) is 6.67. The standard InChI is InChI=1S/C17H17F3N6O/c18-17(19,20)8-13(27)23-10-2-1-7-26(9-10)12-4-6-22-16-14(12)11-3-5-21-15(11)24-25-16/h3-6,10H,1-2,7-9H2,(H,22,25)(H,23,27). The van der Waals surface area contributed by atoms with Crippen molar-refractivity contribution in [2.75, 3.05) is 18.0 Å². The van der Waals surface area contributed by atoms with Crippen molar-refractivity contribution in [2.24, 2.45) is 0 Å². The predicted molar refractivity (Wildman–Crippen MR) is 93.2 cm³/mol. The lowest BCUT2D eigenvalue weighted by atomic mass is 10.0. The van der Waals surface area contributed by atoms with Crippen molar-refractivity contribution in [1.82, 2.24) is 25.5 Å². The Morgan fingerprint density at radius 3 is 3.00 bits per heavy atom. The highest BCUT2D eigenvalue weighted by Gasteiger charge is 2.33. The van der Waals surface area contributed by atoms with Crippen LogP contribution >= 0.6 is 0 Å². The number of hydrogen-bond donors (Lipinski definition) is 2. The molecule has 3 aromatic heterocycles. The Morgan fingerprint density at radius 2 is 2.19 bits per heavy atom. The second-order valence-corrected chi connectivity index (χ2v) is 6.61. The summed E-state index contributed by atoms with van der Waals surface area (Å²) >= 11 is 0. The number of amides is 1. The van der Waals surface area contributed by atoms with E-state index in [1.54, 1.807) is 12.4 Å². The van der Waals surface area contributed by atoms with Crippen LogP contribution in [0.25, 0.3) is 22.1 Å². The molecule has 4 heterocycles. The predicted octanol–water partition coefficient (Wildman–Crippen LogP) is 2.54. The lowest BCUT2D eigenvalue weighted by Gasteiger charge is -2.35. The van der Waals surface area contributed by atoms with Gasteiger partial charge in [-0.15, -0.1) is 10.2 Å². The van der Waals surface area contributed by atoms with Gasteiger partial charge in [0.05, 0.1) is 11.1 Å². The summed E-state index contributed by atoms with van der Waals surface area (Å²) in [7, 11) is 0. The van der Waals surface area contributed by atoms with Crippen LogP contribution in [0, 0.1) is 0 Å². The third-order valence-electron chi connectivity index (χ3n) is 4.64. The van der Waals surface area contributed by atoms with Crippen LogP contribution in [-0.4, -0.2) is 51.4 Å². The summed E-state index contributed by atoms with van der Waals surface area (Å²) in [6, 6.07) is 3.42. The number of carbonyl (C=O) groups is 1. The highest BCUT2D eigenvalue weighted by atomic mass is 19.4. The molecule has 2 N–H and O–H groups in total. The monoisotopic (exact) mass is 378 g/mol. The summed E-state index contributed by atoms with van der Waals surface area (Å²) in [6.07, 6.45) is -1.14. The van der Waals surface area contributed by atoms with Crippen LogP contribution in [0.1, 0.15) is 19.3 Å². The summed E-state index contributed by atoms with van der Waals surface area (Å²) in [6.45, 7) is 1.17. The topological polar surface area (TPSA) is 86.8 Å². The van der Waals surface area contributed by atoms with Gasteiger partial charge in [0.2, 0.25) is 5.91 Å². The van der Waals surface area contributed by atoms with Crippen LogP contribution in [0.4, 0.5) is 18.9 Å². The molecule has 0 radical (unpaired) electrons. The fourth-order valence-corrected chi connectivity index (χ4v) is 3.56. The number of carbonyl (C=O) groups excluding carboxylic acids is 1. The van der Waals surface area contributed by atoms with E-state index < -0.39 is 18.5 Å². The van der Waals surface area contributed by atoms with E-state index in [0.717, 1.165) is 29.4 Å². The van der Waals surface area contributed by atoms with Gasteiger partial charge < -0.3 is 15.2 Å². The van der Waals surface area contributed by atoms with Crippen LogP contribution < -0.4 is 10.2 Å². The first-order chi connectivity index (χ1) is 12.9. The molecule has 1 atom stereocenters. The van der Waals surface area contributed by atoms with Crippen LogP contribution in [0.3, 0.4) is 0 Å². The minimum atomic E-state index is -4.50. The summed E-state index contributed by atoms with van der Waals surface area (Å²) in [5.74, 6) is -0.992. The number of aromatic nitrogens is 4. The van der Waals surface area contributed by atoms with E-state index in [2.05, 4.69) is 30.4 Å². The molecule has 1 aliphatic rings. The Labute approximate surface area is 152 Å². The molecule has 1 amide bonds. The molecule has 0 saturated carbocycles. The van der Waals surface area contributed by atoms with Crippen molar-refractivity contribution in [3.05, 3.63) is 24.5 Å². The Kier molecular flexibility index (Phi) is 4.33. The van der Waals surface area contributed by atoms with E-state index in [1.807, 2.05) is 12.1 Å². The largest absolute Gasteiger partial charge is 0.397 e. The van der Waals surface area contributed by atoms with Gasteiger partial charge in [0.25, 0.3) is 0 Å². The highest BCUT2D eigenvalue weighted by Crippen LogP contribution is 2.31. The molecule has 10 heteroatoms. The van der Waals surface area contributed by atoms with Crippen LogP contribution in [0.5, 0.6) is 0 Å². The molecule has 0 aliphatic carbocycles. The number of rotatable bonds is 3. The maximum absolute atomic E-state index is 12.4. The number of nitrogens with one attached hydrogen (secondary N) is 2. The number of anilines is 1. The molecule has 0 bridgehead atoms. The van der Waals surface area contributed by atoms with Gasteiger partial charge in [0, 0.05) is 36.9 Å². The first-order valence-corrected chi connectivity index (χ1v) is 8.60. The first kappa shape index (κ1) is 17.5. The van der Waals surface area contributed by atoms with Gasteiger partial charge in [0.1, 0.15) is 6.42 Å². The lowest BCUT2D eigenvalue weighted by molar-refractivity contribution is -0.154. The molecule has 4 rings (SSSR count). The van der Waals surface area contributed by atoms with Gasteiger partial charge in [-0.2, -0.15) is 13.2 Å². The van der Waals surface area contributed by atoms with Crippen molar-refractivity contribution in [1.29, 1.82) is 0 Å². The molecular formula is C17H17F3N6O. The third-order valence-corrected chi connectivity index (χ3v) is 4.64. The summed E-state index contributed by atoms with van der Waals surface area (Å²) < 4.78 is 37.2. The normalized spacial score (nSPS) is 18.2. The molecule has 0 aromatic carbocycles.